The minimum atomic E-state index is -5.77. The molecule has 562 valence electrons. The van der Waals surface area contributed by atoms with Crippen molar-refractivity contribution in [1.82, 2.24) is 61.4 Å². The number of alkyl halides is 6. The first-order chi connectivity index (χ1) is 47.4. The van der Waals surface area contributed by atoms with E-state index in [1.807, 2.05) is 26.5 Å². The Morgan fingerprint density at radius 2 is 1.10 bits per heavy atom. The molecule has 20 nitrogen and oxygen atoms in total. The van der Waals surface area contributed by atoms with Crippen molar-refractivity contribution >= 4 is 59.7 Å². The zero-order valence-corrected chi connectivity index (χ0v) is 62.9. The number of fused-ring (bicyclic) bond motifs is 2. The van der Waals surface area contributed by atoms with Crippen LogP contribution in [0.5, 0.6) is 11.8 Å². The Hall–Kier alpha value is -6.03. The average Bonchev–Trinajstić information content (AvgIpc) is 0.795. The third-order valence-electron chi connectivity index (χ3n) is 16.7. The standard InChI is InChI=1S/C31H40FN5O3.C28H37BrFN3O3.C4F6O2.C4H12N2.C3H4N2.Cu.HI/c1-20(38)36-25(13-21-6-7-24(32)27(14-21)37-11-10-33-19-37)28(39)18-34-26-16-31(8-5-9-31)40-29-23(26)12-22(17-35-29)15-30(2,3)4;1-17(34)33-23(12-18-6-7-22(30)21(29)11-18)25(35)16-31-24-14-28(8-5-9-28)36-26-20(24)10-19(15-32-26)13-27(2,3)4;5-3(6,7)1(11)2(12)4(8,9)10;1-5-3-4-6-2;1-2-5-3-4-1;;/h6-7,10-12,14,17,19,25-26,28,34,39H,5,8-9,13,15-16,18H2,1-4H3,(H,36,38);6-7,10-11,15,23-25,31,35H,5,8-9,12-14,16H2,1-4H3,(H,33,34);;5-6H,3-4H2,1-2H3;1-3H,(H,4,5);;1H/q;;;;;+1;/p-1/t25-,26-,28+;23-,24-,25+;;;;;/m00...../s1. The number of likely N-dealkylation sites (N-methyl/N-ethyl adjacent to an activating group) is 2. The van der Waals surface area contributed by atoms with Crippen LogP contribution in [0.4, 0.5) is 35.1 Å². The minimum Gasteiger partial charge on any atom is -0.351 e. The number of rotatable bonds is 21. The Balaban J connectivity index is 0.000000273. The van der Waals surface area contributed by atoms with Crippen LogP contribution in [0.15, 0.2) is 103 Å². The van der Waals surface area contributed by atoms with Gasteiger partial charge in [0.05, 0.1) is 47.1 Å². The van der Waals surface area contributed by atoms with Crippen molar-refractivity contribution in [3.8, 4) is 17.4 Å². The molecule has 2 saturated carbocycles. The number of aliphatic hydroxyl groups excluding tert-OH is 2. The summed E-state index contributed by atoms with van der Waals surface area (Å²) in [6.07, 6.45) is 10.9. The summed E-state index contributed by atoms with van der Waals surface area (Å²) in [6.45, 7) is 18.8. The largest absolute Gasteiger partial charge is 0.351 e. The smallest absolute Gasteiger partial charge is 0.0919 e. The number of aromatic amines is 1. The first-order valence-corrected chi connectivity index (χ1v) is 36.7. The van der Waals surface area contributed by atoms with Crippen LogP contribution in [0.1, 0.15) is 152 Å². The second-order valence-corrected chi connectivity index (χ2v) is 28.7. The second kappa shape index (κ2) is 39.2. The van der Waals surface area contributed by atoms with E-state index in [2.05, 4.69) is 134 Å². The van der Waals surface area contributed by atoms with E-state index in [9.17, 15) is 64.5 Å². The number of hydrogen-bond acceptors (Lipinski definition) is 16. The van der Waals surface area contributed by atoms with Crippen LogP contribution in [0.3, 0.4) is 0 Å². The van der Waals surface area contributed by atoms with E-state index in [4.69, 9.17) is 14.5 Å². The first-order valence-electron chi connectivity index (χ1n) is 32.9. The van der Waals surface area contributed by atoms with Crippen LogP contribution in [0, 0.1) is 22.5 Å². The van der Waals surface area contributed by atoms with Gasteiger partial charge in [0.15, 0.2) is 0 Å². The number of ether oxygens (including phenoxy) is 2. The number of aliphatic hydroxyl groups is 2. The number of nitrogens with zero attached hydrogens (tertiary/aromatic N) is 5. The number of amides is 2. The van der Waals surface area contributed by atoms with Gasteiger partial charge in [0, 0.05) is 113 Å². The van der Waals surface area contributed by atoms with Gasteiger partial charge in [-0.25, -0.2) is 28.7 Å². The van der Waals surface area contributed by atoms with Crippen molar-refractivity contribution < 1.29 is 86.8 Å². The summed E-state index contributed by atoms with van der Waals surface area (Å²) in [7, 11) is 3.88. The number of halogens is 10. The normalized spacial score (nSPS) is 17.3. The topological polar surface area (TPSA) is 272 Å². The molecule has 2 spiro atoms. The summed E-state index contributed by atoms with van der Waals surface area (Å²) < 4.78 is 110. The number of imidazole rings is 2. The fraction of sp³-hybridized carbons (Fsp3) is 0.543. The van der Waals surface area contributed by atoms with Gasteiger partial charge in [0.1, 0.15) is 22.8 Å². The van der Waals surface area contributed by atoms with E-state index in [1.165, 1.54) is 37.9 Å². The average molecular weight is 1650 g/mol. The predicted molar refractivity (Wildman–Crippen MR) is 375 cm³/mol. The third-order valence-corrected chi connectivity index (χ3v) is 17.3. The molecule has 4 aliphatic rings. The second-order valence-electron chi connectivity index (χ2n) is 27.8. The van der Waals surface area contributed by atoms with Crippen LogP contribution in [0.2, 0.25) is 0 Å². The van der Waals surface area contributed by atoms with Crippen LogP contribution >= 0.6 is 36.3 Å². The van der Waals surface area contributed by atoms with E-state index in [-0.39, 0.29) is 70.7 Å². The number of benzene rings is 2. The molecule has 6 heterocycles. The molecular weight excluding hydrogens is 1560 g/mol. The van der Waals surface area contributed by atoms with E-state index in [0.29, 0.717) is 34.8 Å². The maximum absolute atomic E-state index is 14.5. The number of carbonyl (C=O) groups is 4. The van der Waals surface area contributed by atoms with Crippen molar-refractivity contribution in [2.75, 3.05) is 40.3 Å². The summed E-state index contributed by atoms with van der Waals surface area (Å²) in [4.78, 5) is 63.0. The fourth-order valence-electron chi connectivity index (χ4n) is 11.8. The van der Waals surface area contributed by atoms with Crippen molar-refractivity contribution in [2.24, 2.45) is 10.8 Å². The number of carbonyl (C=O) groups excluding carboxylic acids is 4. The summed E-state index contributed by atoms with van der Waals surface area (Å²) >= 11 is 9.08. The van der Waals surface area contributed by atoms with Gasteiger partial charge in [0.25, 0.3) is 0 Å². The Labute approximate surface area is 612 Å². The molecule has 2 aliphatic carbocycles. The fourth-order valence-corrected chi connectivity index (χ4v) is 12.2. The molecule has 0 bridgehead atoms. The predicted octanol–water partition coefficient (Wildman–Crippen LogP) is 11.4. The Morgan fingerprint density at radius 3 is 1.43 bits per heavy atom. The molecule has 101 heavy (non-hydrogen) atoms. The summed E-state index contributed by atoms with van der Waals surface area (Å²) in [5.74, 6) is -6.64. The number of H-pyrrole nitrogens is 1. The molecule has 0 unspecified atom stereocenters. The van der Waals surface area contributed by atoms with Crippen molar-refractivity contribution in [2.45, 2.75) is 192 Å². The van der Waals surface area contributed by atoms with E-state index in [1.54, 1.807) is 80.3 Å². The summed E-state index contributed by atoms with van der Waals surface area (Å²) in [5.41, 5.74) is 6.23. The van der Waals surface area contributed by atoms with Crippen LogP contribution in [-0.2, 0) is 57.6 Å². The number of ketones is 2. The molecular formula is C70H93BrCuF8IN12O8. The van der Waals surface area contributed by atoms with Gasteiger partial charge < -0.3 is 61.1 Å². The van der Waals surface area contributed by atoms with Gasteiger partial charge >= 0.3 is 57.0 Å². The van der Waals surface area contributed by atoms with E-state index in [0.717, 1.165) is 105 Å². The zero-order chi connectivity index (χ0) is 75.1. The first kappa shape index (κ1) is 85.6. The van der Waals surface area contributed by atoms with Gasteiger partial charge in [-0.05, 0) is 164 Å². The Morgan fingerprint density at radius 1 is 0.663 bits per heavy atom. The number of Topliss-reactive ketones (excluding diaryl/α,β-unsaturated/α-hetero) is 2. The monoisotopic (exact) mass is 1650 g/mol. The minimum absolute atomic E-state index is 0.00550. The molecule has 0 radical (unpaired) electrons. The molecule has 4 aromatic heterocycles. The molecule has 2 fully saturated rings. The molecule has 9 N–H and O–H groups in total. The van der Waals surface area contributed by atoms with Gasteiger partial charge in [-0.2, -0.15) is 26.3 Å². The van der Waals surface area contributed by atoms with Gasteiger partial charge in [-0.15, -0.1) is 0 Å². The molecule has 6 aromatic rings. The maximum atomic E-state index is 14.5. The number of aromatic nitrogens is 6. The third kappa shape index (κ3) is 27.8. The van der Waals surface area contributed by atoms with Gasteiger partial charge in [-0.3, -0.25) is 19.2 Å². The number of nitrogens with one attached hydrogen (secondary N) is 7. The molecule has 6 atom stereocenters. The molecule has 2 aromatic carbocycles. The van der Waals surface area contributed by atoms with Gasteiger partial charge in [-0.1, -0.05) is 53.7 Å². The number of pyridine rings is 2. The van der Waals surface area contributed by atoms with Crippen molar-refractivity contribution in [3.05, 3.63) is 148 Å². The van der Waals surface area contributed by atoms with Crippen molar-refractivity contribution in [1.29, 1.82) is 0 Å². The quantitative estimate of drug-likeness (QED) is 0.0107. The molecule has 2 aliphatic heterocycles. The molecule has 2 amide bonds. The van der Waals surface area contributed by atoms with Gasteiger partial charge in [0.2, 0.25) is 23.6 Å². The summed E-state index contributed by atoms with van der Waals surface area (Å²) in [5, 5.41) is 41.3. The summed E-state index contributed by atoms with van der Waals surface area (Å²) in [6, 6.07) is 12.8. The Bertz CT molecular complexity index is 3530. The SMILES string of the molecule is CC(=O)N[C@@H](Cc1ccc(F)c(-n2ccnc2)c1)[C@H](O)CN[C@H]1CC2(CCC2)Oc2ncc(CC(C)(C)C)cc21.CC(=O)N[C@@H](Cc1ccc(F)c(Br)c1)[C@H](O)CN[C@H]1CC2(CCC2)Oc2ncc(CC(C)(C)C)cc21.CNCCNC.O=C(C(=O)C(F)(F)F)C(F)(F)F.[Cu][I].c1c[nH]cn1. The maximum Gasteiger partial charge on any atom is 0.0919 e. The van der Waals surface area contributed by atoms with Crippen LogP contribution in [0.25, 0.3) is 5.69 Å². The molecule has 10 rings (SSSR count). The Kier molecular flexibility index (Phi) is 33.2. The van der Waals surface area contributed by atoms with Crippen LogP contribution < -0.4 is 41.4 Å². The van der Waals surface area contributed by atoms with Crippen LogP contribution in [-0.4, -0.2) is 151 Å². The van der Waals surface area contributed by atoms with Crippen molar-refractivity contribution in [3.63, 3.8) is 0 Å². The van der Waals surface area contributed by atoms with E-state index < -0.39 is 48.2 Å². The number of hydrogen-bond donors (Lipinski definition) is 9. The zero-order valence-electron chi connectivity index (χ0n) is 58.2. The van der Waals surface area contributed by atoms with E-state index >= 15 is 0 Å². The molecule has 0 saturated heterocycles. The molecule has 31 heteroatoms.